The first-order valence-electron chi connectivity index (χ1n) is 10.1. The zero-order valence-electron chi connectivity index (χ0n) is 17.4. The Kier molecular flexibility index (Phi) is 6.72. The lowest BCUT2D eigenvalue weighted by Gasteiger charge is -2.15. The Balaban J connectivity index is 1.31. The Morgan fingerprint density at radius 3 is 2.62 bits per heavy atom. The number of thiophene rings is 1. The second-order valence-corrected chi connectivity index (χ2v) is 7.97. The first-order valence-corrected chi connectivity index (χ1v) is 11.0. The first-order chi connectivity index (χ1) is 15.6. The number of carbonyl (C=O) groups excluding carboxylic acids is 2. The molecule has 0 saturated heterocycles. The van der Waals surface area contributed by atoms with Crippen molar-refractivity contribution in [2.24, 2.45) is 0 Å². The molecule has 1 unspecified atom stereocenters. The molecule has 0 fully saturated rings. The van der Waals surface area contributed by atoms with E-state index < -0.39 is 18.0 Å². The van der Waals surface area contributed by atoms with Gasteiger partial charge in [-0.3, -0.25) is 9.59 Å². The van der Waals surface area contributed by atoms with Gasteiger partial charge < -0.3 is 14.6 Å². The molecule has 32 heavy (non-hydrogen) atoms. The van der Waals surface area contributed by atoms with Gasteiger partial charge in [0.05, 0.1) is 11.3 Å². The minimum atomic E-state index is -0.948. The minimum absolute atomic E-state index is 0.0320. The van der Waals surface area contributed by atoms with Gasteiger partial charge in [0.15, 0.2) is 6.10 Å². The Morgan fingerprint density at radius 1 is 1.06 bits per heavy atom. The van der Waals surface area contributed by atoms with Crippen LogP contribution in [0.4, 0.5) is 5.69 Å². The quantitative estimate of drug-likeness (QED) is 0.383. The van der Waals surface area contributed by atoms with Crippen molar-refractivity contribution in [3.63, 3.8) is 0 Å². The van der Waals surface area contributed by atoms with E-state index in [1.54, 1.807) is 6.92 Å². The van der Waals surface area contributed by atoms with Crippen LogP contribution in [0.5, 0.6) is 0 Å². The molecule has 162 valence electrons. The third-order valence-corrected chi connectivity index (χ3v) is 5.57. The third kappa shape index (κ3) is 5.28. The fourth-order valence-electron chi connectivity index (χ4n) is 3.08. The van der Waals surface area contributed by atoms with Crippen molar-refractivity contribution >= 4 is 28.9 Å². The lowest BCUT2D eigenvalue weighted by molar-refractivity contribution is -0.153. The van der Waals surface area contributed by atoms with Crippen molar-refractivity contribution < 1.29 is 18.8 Å². The Labute approximate surface area is 189 Å². The molecule has 0 aliphatic rings. The van der Waals surface area contributed by atoms with E-state index >= 15 is 0 Å². The Bertz CT molecular complexity index is 1190. The van der Waals surface area contributed by atoms with E-state index in [9.17, 15) is 9.59 Å². The van der Waals surface area contributed by atoms with Crippen molar-refractivity contribution in [1.82, 2.24) is 10.1 Å². The molecule has 4 rings (SSSR count). The van der Waals surface area contributed by atoms with E-state index in [0.717, 1.165) is 16.0 Å². The molecule has 0 saturated carbocycles. The van der Waals surface area contributed by atoms with Crippen LogP contribution in [0.15, 0.2) is 76.6 Å². The minimum Gasteiger partial charge on any atom is -0.453 e. The molecule has 4 aromatic rings. The molecule has 7 nitrogen and oxygen atoms in total. The van der Waals surface area contributed by atoms with E-state index in [1.165, 1.54) is 11.3 Å². The SMILES string of the molecule is CC(OC(=O)CCc1nc(-c2cccs2)no1)C(=O)Nc1ccccc1-c1ccccc1. The zero-order chi connectivity index (χ0) is 22.3. The number of benzene rings is 2. The summed E-state index contributed by atoms with van der Waals surface area (Å²) in [6.45, 7) is 1.54. The van der Waals surface area contributed by atoms with Crippen molar-refractivity contribution in [3.8, 4) is 21.8 Å². The van der Waals surface area contributed by atoms with Gasteiger partial charge in [-0.05, 0) is 30.0 Å². The number of hydrogen-bond donors (Lipinski definition) is 1. The monoisotopic (exact) mass is 447 g/mol. The van der Waals surface area contributed by atoms with Crippen LogP contribution in [0.25, 0.3) is 21.8 Å². The van der Waals surface area contributed by atoms with E-state index in [1.807, 2.05) is 72.1 Å². The molecule has 1 amide bonds. The number of amides is 1. The van der Waals surface area contributed by atoms with Crippen LogP contribution >= 0.6 is 11.3 Å². The summed E-state index contributed by atoms with van der Waals surface area (Å²) in [5, 5.41) is 8.69. The molecule has 1 atom stereocenters. The summed E-state index contributed by atoms with van der Waals surface area (Å²) in [7, 11) is 0. The van der Waals surface area contributed by atoms with Crippen molar-refractivity contribution in [2.75, 3.05) is 5.32 Å². The Hall–Kier alpha value is -3.78. The molecule has 2 aromatic carbocycles. The van der Waals surface area contributed by atoms with Gasteiger partial charge in [-0.25, -0.2) is 0 Å². The lowest BCUT2D eigenvalue weighted by atomic mass is 10.0. The number of aryl methyl sites for hydroxylation is 1. The summed E-state index contributed by atoms with van der Waals surface area (Å²) in [5.41, 5.74) is 2.52. The number of nitrogens with one attached hydrogen (secondary N) is 1. The molecular weight excluding hydrogens is 426 g/mol. The van der Waals surface area contributed by atoms with Crippen LogP contribution < -0.4 is 5.32 Å². The smallest absolute Gasteiger partial charge is 0.307 e. The van der Waals surface area contributed by atoms with E-state index in [0.29, 0.717) is 17.4 Å². The molecule has 8 heteroatoms. The number of ether oxygens (including phenoxy) is 1. The molecule has 1 N–H and O–H groups in total. The number of hydrogen-bond acceptors (Lipinski definition) is 7. The summed E-state index contributed by atoms with van der Waals surface area (Å²) >= 11 is 1.50. The fourth-order valence-corrected chi connectivity index (χ4v) is 3.73. The van der Waals surface area contributed by atoms with Crippen molar-refractivity contribution in [3.05, 3.63) is 78.0 Å². The summed E-state index contributed by atoms with van der Waals surface area (Å²) in [4.78, 5) is 30.0. The maximum absolute atomic E-state index is 12.6. The van der Waals surface area contributed by atoms with Gasteiger partial charge in [0, 0.05) is 17.7 Å². The molecule has 0 bridgehead atoms. The first kappa shape index (κ1) is 21.5. The number of aromatic nitrogens is 2. The van der Waals surface area contributed by atoms with Gasteiger partial charge in [-0.15, -0.1) is 11.3 Å². The highest BCUT2D eigenvalue weighted by Crippen LogP contribution is 2.27. The lowest BCUT2D eigenvalue weighted by Crippen LogP contribution is -2.30. The normalized spacial score (nSPS) is 11.7. The molecular formula is C24H21N3O4S. The summed E-state index contributed by atoms with van der Waals surface area (Å²) in [6, 6.07) is 21.0. The van der Waals surface area contributed by atoms with Crippen LogP contribution in [-0.2, 0) is 20.7 Å². The summed E-state index contributed by atoms with van der Waals surface area (Å²) in [6.07, 6.45) is -0.678. The predicted octanol–water partition coefficient (Wildman–Crippen LogP) is 4.97. The average Bonchev–Trinajstić information content (AvgIpc) is 3.51. The molecule has 0 aliphatic heterocycles. The maximum Gasteiger partial charge on any atom is 0.307 e. The maximum atomic E-state index is 12.6. The van der Waals surface area contributed by atoms with Gasteiger partial charge in [0.2, 0.25) is 11.7 Å². The van der Waals surface area contributed by atoms with Crippen LogP contribution in [0.3, 0.4) is 0 Å². The van der Waals surface area contributed by atoms with Crippen LogP contribution in [0.1, 0.15) is 19.2 Å². The van der Waals surface area contributed by atoms with E-state index in [2.05, 4.69) is 15.5 Å². The molecule has 2 aromatic heterocycles. The van der Waals surface area contributed by atoms with Gasteiger partial charge in [-0.1, -0.05) is 59.8 Å². The van der Waals surface area contributed by atoms with Gasteiger partial charge >= 0.3 is 5.97 Å². The molecule has 0 aliphatic carbocycles. The van der Waals surface area contributed by atoms with E-state index in [4.69, 9.17) is 9.26 Å². The number of rotatable bonds is 8. The molecule has 0 radical (unpaired) electrons. The third-order valence-electron chi connectivity index (χ3n) is 4.70. The number of nitrogens with zero attached hydrogens (tertiary/aromatic N) is 2. The van der Waals surface area contributed by atoms with Gasteiger partial charge in [-0.2, -0.15) is 4.98 Å². The number of carbonyl (C=O) groups is 2. The highest BCUT2D eigenvalue weighted by Gasteiger charge is 2.20. The summed E-state index contributed by atoms with van der Waals surface area (Å²) in [5.74, 6) is -0.0770. The largest absolute Gasteiger partial charge is 0.453 e. The molecule has 0 spiro atoms. The van der Waals surface area contributed by atoms with Crippen LogP contribution in [-0.4, -0.2) is 28.1 Å². The zero-order valence-corrected chi connectivity index (χ0v) is 18.2. The number of esters is 1. The highest BCUT2D eigenvalue weighted by atomic mass is 32.1. The standard InChI is InChI=1S/C24H21N3O4S/c1-16(24(29)25-19-11-6-5-10-18(19)17-8-3-2-4-9-17)30-22(28)14-13-21-26-23(27-31-21)20-12-7-15-32-20/h2-12,15-16H,13-14H2,1H3,(H,25,29). The Morgan fingerprint density at radius 2 is 1.84 bits per heavy atom. The van der Waals surface area contributed by atoms with Crippen molar-refractivity contribution in [1.29, 1.82) is 0 Å². The van der Waals surface area contributed by atoms with Crippen LogP contribution in [0, 0.1) is 0 Å². The second kappa shape index (κ2) is 10.0. The summed E-state index contributed by atoms with van der Waals surface area (Å²) < 4.78 is 10.5. The van der Waals surface area contributed by atoms with E-state index in [-0.39, 0.29) is 12.8 Å². The molecule has 2 heterocycles. The predicted molar refractivity (Wildman–Crippen MR) is 122 cm³/mol. The van der Waals surface area contributed by atoms with Gasteiger partial charge in [0.25, 0.3) is 5.91 Å². The topological polar surface area (TPSA) is 94.3 Å². The average molecular weight is 448 g/mol. The number of anilines is 1. The van der Waals surface area contributed by atoms with Gasteiger partial charge in [0.1, 0.15) is 0 Å². The van der Waals surface area contributed by atoms with Crippen LogP contribution in [0.2, 0.25) is 0 Å². The highest BCUT2D eigenvalue weighted by molar-refractivity contribution is 7.13. The number of para-hydroxylation sites is 1. The fraction of sp³-hybridized carbons (Fsp3) is 0.167. The van der Waals surface area contributed by atoms with Crippen molar-refractivity contribution in [2.45, 2.75) is 25.9 Å². The second-order valence-electron chi connectivity index (χ2n) is 7.02.